The van der Waals surface area contributed by atoms with Crippen molar-refractivity contribution in [2.24, 2.45) is 22.5 Å². The Bertz CT molecular complexity index is 324. The molecule has 2 aliphatic carbocycles. The van der Waals surface area contributed by atoms with Gasteiger partial charge in [-0.15, -0.1) is 0 Å². The molecule has 3 N–H and O–H groups in total. The van der Waals surface area contributed by atoms with Gasteiger partial charge in [0.05, 0.1) is 0 Å². The molecule has 1 amide bonds. The highest BCUT2D eigenvalue weighted by molar-refractivity contribution is 5.77. The lowest BCUT2D eigenvalue weighted by Crippen LogP contribution is -2.47. The molecule has 0 aromatic heterocycles. The highest BCUT2D eigenvalue weighted by atomic mass is 16.1. The minimum absolute atomic E-state index is 0.0468. The summed E-state index contributed by atoms with van der Waals surface area (Å²) < 4.78 is 0. The molecule has 0 spiro atoms. The van der Waals surface area contributed by atoms with Crippen molar-refractivity contribution in [2.45, 2.75) is 65.5 Å². The summed E-state index contributed by atoms with van der Waals surface area (Å²) in [6, 6.07) is 0.303. The first-order valence-electron chi connectivity index (χ1n) is 6.82. The predicted octanol–water partition coefficient (Wildman–Crippen LogP) is 2.05. The molecule has 2 saturated carbocycles. The van der Waals surface area contributed by atoms with Crippen LogP contribution in [0.1, 0.15) is 53.4 Å². The normalized spacial score (nSPS) is 40.3. The van der Waals surface area contributed by atoms with Gasteiger partial charge in [0.1, 0.15) is 0 Å². The fraction of sp³-hybridized carbons (Fsp3) is 0.929. The minimum Gasteiger partial charge on any atom is -0.353 e. The number of nitrogens with one attached hydrogen (secondary N) is 1. The zero-order valence-electron chi connectivity index (χ0n) is 11.5. The van der Waals surface area contributed by atoms with Gasteiger partial charge in [-0.25, -0.2) is 0 Å². The Morgan fingerprint density at radius 2 is 2.12 bits per heavy atom. The number of hydrogen-bond donors (Lipinski definition) is 2. The van der Waals surface area contributed by atoms with Crippen molar-refractivity contribution in [3.8, 4) is 0 Å². The lowest BCUT2D eigenvalue weighted by atomic mass is 9.69. The Morgan fingerprint density at radius 3 is 2.53 bits per heavy atom. The topological polar surface area (TPSA) is 55.1 Å². The SMILES string of the molecule is CC(N)CC(=O)NC1CC2CCC1(C)C2(C)C. The number of fused-ring (bicyclic) bond motifs is 2. The lowest BCUT2D eigenvalue weighted by Gasteiger charge is -2.39. The molecule has 3 nitrogen and oxygen atoms in total. The van der Waals surface area contributed by atoms with Gasteiger partial charge < -0.3 is 11.1 Å². The molecule has 0 heterocycles. The van der Waals surface area contributed by atoms with Crippen molar-refractivity contribution < 1.29 is 4.79 Å². The van der Waals surface area contributed by atoms with Gasteiger partial charge in [0.25, 0.3) is 0 Å². The average molecular weight is 238 g/mol. The van der Waals surface area contributed by atoms with E-state index in [0.717, 1.165) is 12.3 Å². The quantitative estimate of drug-likeness (QED) is 0.790. The van der Waals surface area contributed by atoms with Crippen molar-refractivity contribution in [1.82, 2.24) is 5.32 Å². The molecule has 0 aliphatic heterocycles. The Balaban J connectivity index is 2.03. The number of rotatable bonds is 3. The van der Waals surface area contributed by atoms with E-state index in [9.17, 15) is 4.79 Å². The monoisotopic (exact) mass is 238 g/mol. The molecule has 4 atom stereocenters. The van der Waals surface area contributed by atoms with E-state index in [-0.39, 0.29) is 17.4 Å². The standard InChI is InChI=1S/C14H26N2O/c1-9(15)7-12(17)16-11-8-10-5-6-14(11,4)13(10,2)3/h9-11H,5-8,15H2,1-4H3,(H,16,17). The third-order valence-electron chi connectivity index (χ3n) is 5.64. The third-order valence-corrected chi connectivity index (χ3v) is 5.64. The van der Waals surface area contributed by atoms with E-state index in [0.29, 0.717) is 17.9 Å². The number of nitrogens with two attached hydrogens (primary N) is 1. The summed E-state index contributed by atoms with van der Waals surface area (Å²) in [6.07, 6.45) is 4.16. The second-order valence-corrected chi connectivity index (χ2v) is 6.91. The maximum absolute atomic E-state index is 11.8. The Hall–Kier alpha value is -0.570. The molecule has 4 unspecified atom stereocenters. The van der Waals surface area contributed by atoms with Crippen molar-refractivity contribution in [1.29, 1.82) is 0 Å². The predicted molar refractivity (Wildman–Crippen MR) is 69.4 cm³/mol. The van der Waals surface area contributed by atoms with Crippen molar-refractivity contribution in [3.63, 3.8) is 0 Å². The van der Waals surface area contributed by atoms with Gasteiger partial charge in [-0.05, 0) is 42.9 Å². The summed E-state index contributed by atoms with van der Waals surface area (Å²) >= 11 is 0. The summed E-state index contributed by atoms with van der Waals surface area (Å²) in [4.78, 5) is 11.8. The van der Waals surface area contributed by atoms with Crippen LogP contribution in [-0.2, 0) is 4.79 Å². The Kier molecular flexibility index (Phi) is 3.01. The molecule has 17 heavy (non-hydrogen) atoms. The highest BCUT2D eigenvalue weighted by Crippen LogP contribution is 2.65. The number of carbonyl (C=O) groups excluding carboxylic acids is 1. The van der Waals surface area contributed by atoms with E-state index in [1.807, 2.05) is 6.92 Å². The van der Waals surface area contributed by atoms with E-state index in [1.165, 1.54) is 12.8 Å². The second kappa shape index (κ2) is 3.98. The van der Waals surface area contributed by atoms with Crippen LogP contribution < -0.4 is 11.1 Å². The summed E-state index contributed by atoms with van der Waals surface area (Å²) in [5.74, 6) is 0.891. The molecule has 0 aromatic carbocycles. The van der Waals surface area contributed by atoms with Gasteiger partial charge in [-0.3, -0.25) is 4.79 Å². The zero-order valence-corrected chi connectivity index (χ0v) is 11.5. The number of amides is 1. The van der Waals surface area contributed by atoms with Crippen LogP contribution in [0.2, 0.25) is 0 Å². The maximum atomic E-state index is 11.8. The first kappa shape index (κ1) is 12.9. The molecule has 2 aliphatic rings. The third kappa shape index (κ3) is 1.88. The Morgan fingerprint density at radius 1 is 1.47 bits per heavy atom. The first-order chi connectivity index (χ1) is 7.77. The van der Waals surface area contributed by atoms with Gasteiger partial charge in [-0.2, -0.15) is 0 Å². The van der Waals surface area contributed by atoms with Gasteiger partial charge in [-0.1, -0.05) is 20.8 Å². The molecule has 2 bridgehead atoms. The van der Waals surface area contributed by atoms with Crippen LogP contribution >= 0.6 is 0 Å². The summed E-state index contributed by atoms with van der Waals surface area (Å²) in [7, 11) is 0. The average Bonchev–Trinajstić information content (AvgIpc) is 2.49. The largest absolute Gasteiger partial charge is 0.353 e. The molecule has 3 heteroatoms. The van der Waals surface area contributed by atoms with Crippen molar-refractivity contribution in [3.05, 3.63) is 0 Å². The first-order valence-corrected chi connectivity index (χ1v) is 6.82. The molecular formula is C14H26N2O. The van der Waals surface area contributed by atoms with Crippen LogP contribution in [-0.4, -0.2) is 18.0 Å². The molecule has 2 rings (SSSR count). The summed E-state index contributed by atoms with van der Waals surface area (Å²) in [6.45, 7) is 8.95. The second-order valence-electron chi connectivity index (χ2n) is 6.91. The van der Waals surface area contributed by atoms with Crippen LogP contribution in [0.4, 0.5) is 0 Å². The van der Waals surface area contributed by atoms with Crippen LogP contribution in [0.5, 0.6) is 0 Å². The van der Waals surface area contributed by atoms with Crippen LogP contribution in [0.15, 0.2) is 0 Å². The van der Waals surface area contributed by atoms with E-state index in [1.54, 1.807) is 0 Å². The molecule has 0 aromatic rings. The number of hydrogen-bond acceptors (Lipinski definition) is 2. The van der Waals surface area contributed by atoms with Crippen molar-refractivity contribution >= 4 is 5.91 Å². The van der Waals surface area contributed by atoms with E-state index in [2.05, 4.69) is 26.1 Å². The summed E-state index contributed by atoms with van der Waals surface area (Å²) in [5.41, 5.74) is 6.30. The fourth-order valence-corrected chi connectivity index (χ4v) is 3.97. The Labute approximate surface area is 105 Å². The molecule has 2 fully saturated rings. The molecule has 0 saturated heterocycles. The van der Waals surface area contributed by atoms with Crippen LogP contribution in [0.25, 0.3) is 0 Å². The minimum atomic E-state index is -0.0468. The van der Waals surface area contributed by atoms with Gasteiger partial charge >= 0.3 is 0 Å². The van der Waals surface area contributed by atoms with E-state index in [4.69, 9.17) is 5.73 Å². The molecule has 98 valence electrons. The van der Waals surface area contributed by atoms with E-state index < -0.39 is 0 Å². The van der Waals surface area contributed by atoms with Gasteiger partial charge in [0, 0.05) is 18.5 Å². The van der Waals surface area contributed by atoms with Crippen molar-refractivity contribution in [2.75, 3.05) is 0 Å². The fourth-order valence-electron chi connectivity index (χ4n) is 3.97. The highest BCUT2D eigenvalue weighted by Gasteiger charge is 2.61. The maximum Gasteiger partial charge on any atom is 0.221 e. The van der Waals surface area contributed by atoms with Crippen LogP contribution in [0.3, 0.4) is 0 Å². The van der Waals surface area contributed by atoms with E-state index >= 15 is 0 Å². The molecular weight excluding hydrogens is 212 g/mol. The van der Waals surface area contributed by atoms with Gasteiger partial charge in [0.15, 0.2) is 0 Å². The zero-order chi connectivity index (χ0) is 12.8. The number of carbonyl (C=O) groups is 1. The molecule has 0 radical (unpaired) electrons. The summed E-state index contributed by atoms with van der Waals surface area (Å²) in [5, 5.41) is 3.22. The smallest absolute Gasteiger partial charge is 0.221 e. The van der Waals surface area contributed by atoms with Crippen LogP contribution in [0, 0.1) is 16.7 Å². The van der Waals surface area contributed by atoms with Gasteiger partial charge in [0.2, 0.25) is 5.91 Å². The lowest BCUT2D eigenvalue weighted by molar-refractivity contribution is -0.123.